The van der Waals surface area contributed by atoms with Gasteiger partial charge < -0.3 is 14.6 Å². The zero-order chi connectivity index (χ0) is 15.5. The Kier molecular flexibility index (Phi) is 4.27. The maximum Gasteiger partial charge on any atom is 0.260 e. The fourth-order valence-corrected chi connectivity index (χ4v) is 2.60. The van der Waals surface area contributed by atoms with Gasteiger partial charge in [0.2, 0.25) is 0 Å². The molecular formula is C16H15ClN2O3. The molecular weight excluding hydrogens is 304 g/mol. The van der Waals surface area contributed by atoms with E-state index < -0.39 is 0 Å². The van der Waals surface area contributed by atoms with E-state index in [0.717, 1.165) is 5.56 Å². The van der Waals surface area contributed by atoms with Crippen molar-refractivity contribution < 1.29 is 9.53 Å². The van der Waals surface area contributed by atoms with Crippen molar-refractivity contribution in [2.45, 2.75) is 6.10 Å². The van der Waals surface area contributed by atoms with Gasteiger partial charge in [-0.25, -0.2) is 0 Å². The van der Waals surface area contributed by atoms with Gasteiger partial charge in [0.15, 0.2) is 0 Å². The molecule has 1 saturated heterocycles. The Hall–Kier alpha value is -2.11. The van der Waals surface area contributed by atoms with E-state index in [1.807, 2.05) is 12.1 Å². The van der Waals surface area contributed by atoms with Crippen LogP contribution in [0.2, 0.25) is 5.02 Å². The lowest BCUT2D eigenvalue weighted by atomic mass is 10.1. The van der Waals surface area contributed by atoms with Crippen LogP contribution >= 0.6 is 11.6 Å². The third-order valence-electron chi connectivity index (χ3n) is 3.64. The number of pyridine rings is 1. The number of rotatable bonds is 2. The molecule has 0 spiro atoms. The van der Waals surface area contributed by atoms with Crippen molar-refractivity contribution in [1.82, 2.24) is 9.88 Å². The van der Waals surface area contributed by atoms with E-state index in [9.17, 15) is 9.59 Å². The lowest BCUT2D eigenvalue weighted by Crippen LogP contribution is -2.43. The lowest BCUT2D eigenvalue weighted by Gasteiger charge is -2.33. The second kappa shape index (κ2) is 6.34. The molecule has 2 heterocycles. The summed E-state index contributed by atoms with van der Waals surface area (Å²) in [4.78, 5) is 28.4. The Bertz CT molecular complexity index is 727. The predicted molar refractivity (Wildman–Crippen MR) is 83.1 cm³/mol. The van der Waals surface area contributed by atoms with Crippen LogP contribution in [0.5, 0.6) is 0 Å². The molecule has 0 unspecified atom stereocenters. The highest BCUT2D eigenvalue weighted by atomic mass is 35.5. The van der Waals surface area contributed by atoms with Crippen molar-refractivity contribution in [3.8, 4) is 0 Å². The predicted octanol–water partition coefficient (Wildman–Crippen LogP) is 2.24. The van der Waals surface area contributed by atoms with E-state index in [1.54, 1.807) is 23.1 Å². The van der Waals surface area contributed by atoms with Crippen molar-refractivity contribution in [1.29, 1.82) is 0 Å². The minimum atomic E-state index is -0.373. The number of morpholine rings is 1. The van der Waals surface area contributed by atoms with Crippen molar-refractivity contribution in [2.24, 2.45) is 0 Å². The van der Waals surface area contributed by atoms with Crippen LogP contribution in [0.4, 0.5) is 0 Å². The SMILES string of the molecule is O=C(c1ccc[nH]c1=O)N1CCO[C@@H](c2ccc(Cl)cc2)C1. The summed E-state index contributed by atoms with van der Waals surface area (Å²) in [5.41, 5.74) is 0.741. The average Bonchev–Trinajstić information content (AvgIpc) is 2.55. The van der Waals surface area contributed by atoms with Crippen LogP contribution in [0.15, 0.2) is 47.4 Å². The van der Waals surface area contributed by atoms with Crippen LogP contribution in [0.3, 0.4) is 0 Å². The minimum Gasteiger partial charge on any atom is -0.370 e. The molecule has 1 aliphatic heterocycles. The molecule has 1 N–H and O–H groups in total. The number of H-pyrrole nitrogens is 1. The topological polar surface area (TPSA) is 62.4 Å². The number of carbonyl (C=O) groups excluding carboxylic acids is 1. The smallest absolute Gasteiger partial charge is 0.260 e. The summed E-state index contributed by atoms with van der Waals surface area (Å²) in [6.45, 7) is 1.32. The fourth-order valence-electron chi connectivity index (χ4n) is 2.47. The van der Waals surface area contributed by atoms with Crippen molar-refractivity contribution in [2.75, 3.05) is 19.7 Å². The summed E-state index contributed by atoms with van der Waals surface area (Å²) >= 11 is 5.88. The molecule has 3 rings (SSSR count). The summed E-state index contributed by atoms with van der Waals surface area (Å²) in [7, 11) is 0. The first kappa shape index (κ1) is 14.8. The lowest BCUT2D eigenvalue weighted by molar-refractivity contribution is -0.0228. The van der Waals surface area contributed by atoms with Crippen LogP contribution in [-0.2, 0) is 4.74 Å². The second-order valence-electron chi connectivity index (χ2n) is 5.08. The number of hydrogen-bond donors (Lipinski definition) is 1. The molecule has 0 bridgehead atoms. The number of nitrogens with one attached hydrogen (secondary N) is 1. The molecule has 114 valence electrons. The quantitative estimate of drug-likeness (QED) is 0.923. The molecule has 6 heteroatoms. The molecule has 1 aromatic carbocycles. The zero-order valence-corrected chi connectivity index (χ0v) is 12.5. The van der Waals surface area contributed by atoms with Gasteiger partial charge >= 0.3 is 0 Å². The number of carbonyl (C=O) groups is 1. The Morgan fingerprint density at radius 3 is 2.77 bits per heavy atom. The number of halogens is 1. The first-order valence-electron chi connectivity index (χ1n) is 6.99. The maximum absolute atomic E-state index is 12.5. The van der Waals surface area contributed by atoms with E-state index in [4.69, 9.17) is 16.3 Å². The summed E-state index contributed by atoms with van der Waals surface area (Å²) in [5, 5.41) is 0.656. The molecule has 2 aromatic rings. The highest BCUT2D eigenvalue weighted by molar-refractivity contribution is 6.30. The number of ether oxygens (including phenoxy) is 1. The van der Waals surface area contributed by atoms with Gasteiger partial charge in [-0.3, -0.25) is 9.59 Å². The molecule has 1 aromatic heterocycles. The van der Waals surface area contributed by atoms with Crippen LogP contribution in [0, 0.1) is 0 Å². The largest absolute Gasteiger partial charge is 0.370 e. The van der Waals surface area contributed by atoms with Gasteiger partial charge in [-0.2, -0.15) is 0 Å². The van der Waals surface area contributed by atoms with Gasteiger partial charge in [-0.1, -0.05) is 23.7 Å². The summed E-state index contributed by atoms with van der Waals surface area (Å²) in [6.07, 6.45) is 1.30. The van der Waals surface area contributed by atoms with Gasteiger partial charge in [0.05, 0.1) is 13.2 Å². The standard InChI is InChI=1S/C16H15ClN2O3/c17-12-5-3-11(4-6-12)14-10-19(8-9-22-14)16(21)13-2-1-7-18-15(13)20/h1-7,14H,8-10H2,(H,18,20)/t14-/m1/s1. The van der Waals surface area contributed by atoms with E-state index >= 15 is 0 Å². The van der Waals surface area contributed by atoms with Crippen LogP contribution < -0.4 is 5.56 Å². The number of aromatic amines is 1. The van der Waals surface area contributed by atoms with Gasteiger partial charge in [-0.05, 0) is 29.8 Å². The molecule has 1 fully saturated rings. The number of aromatic nitrogens is 1. The average molecular weight is 319 g/mol. The Labute approximate surface area is 132 Å². The molecule has 0 aliphatic carbocycles. The Morgan fingerprint density at radius 2 is 2.05 bits per heavy atom. The maximum atomic E-state index is 12.5. The van der Waals surface area contributed by atoms with E-state index in [2.05, 4.69) is 4.98 Å². The molecule has 5 nitrogen and oxygen atoms in total. The third kappa shape index (κ3) is 3.05. The van der Waals surface area contributed by atoms with Crippen LogP contribution in [-0.4, -0.2) is 35.5 Å². The highest BCUT2D eigenvalue weighted by Crippen LogP contribution is 2.24. The monoisotopic (exact) mass is 318 g/mol. The zero-order valence-electron chi connectivity index (χ0n) is 11.8. The second-order valence-corrected chi connectivity index (χ2v) is 5.51. The summed E-state index contributed by atoms with van der Waals surface area (Å²) in [5.74, 6) is -0.274. The van der Waals surface area contributed by atoms with Gasteiger partial charge in [0.25, 0.3) is 11.5 Å². The number of benzene rings is 1. The fraction of sp³-hybridized carbons (Fsp3) is 0.250. The van der Waals surface area contributed by atoms with Gasteiger partial charge in [0, 0.05) is 17.8 Å². The van der Waals surface area contributed by atoms with E-state index in [0.29, 0.717) is 24.7 Å². The molecule has 22 heavy (non-hydrogen) atoms. The first-order chi connectivity index (χ1) is 10.6. The molecule has 1 atom stereocenters. The molecule has 1 aliphatic rings. The normalized spacial score (nSPS) is 18.2. The number of nitrogens with zero attached hydrogens (tertiary/aromatic N) is 1. The first-order valence-corrected chi connectivity index (χ1v) is 7.37. The van der Waals surface area contributed by atoms with Crippen molar-refractivity contribution in [3.05, 3.63) is 69.1 Å². The van der Waals surface area contributed by atoms with Crippen LogP contribution in [0.25, 0.3) is 0 Å². The minimum absolute atomic E-state index is 0.152. The molecule has 0 radical (unpaired) electrons. The van der Waals surface area contributed by atoms with E-state index in [-0.39, 0.29) is 23.1 Å². The molecule has 0 saturated carbocycles. The third-order valence-corrected chi connectivity index (χ3v) is 3.90. The Balaban J connectivity index is 1.78. The van der Waals surface area contributed by atoms with Crippen LogP contribution in [0.1, 0.15) is 22.0 Å². The number of amides is 1. The van der Waals surface area contributed by atoms with Gasteiger partial charge in [0.1, 0.15) is 11.7 Å². The number of hydrogen-bond acceptors (Lipinski definition) is 3. The summed E-state index contributed by atoms with van der Waals surface area (Å²) in [6, 6.07) is 10.5. The van der Waals surface area contributed by atoms with E-state index in [1.165, 1.54) is 12.3 Å². The van der Waals surface area contributed by atoms with Crippen molar-refractivity contribution in [3.63, 3.8) is 0 Å². The molecule has 1 amide bonds. The summed E-state index contributed by atoms with van der Waals surface area (Å²) < 4.78 is 5.73. The Morgan fingerprint density at radius 1 is 1.27 bits per heavy atom. The highest BCUT2D eigenvalue weighted by Gasteiger charge is 2.27. The van der Waals surface area contributed by atoms with Crippen molar-refractivity contribution >= 4 is 17.5 Å². The van der Waals surface area contributed by atoms with Gasteiger partial charge in [-0.15, -0.1) is 0 Å².